The second-order valence-corrected chi connectivity index (χ2v) is 4.77. The standard InChI is InChI=1S/C13H12BrN3O2/c14-10-4-2-1-3-8(10)6-16-12-11(15)5-9(7-17-12)13(18)19/h1-5,7H,6,15H2,(H,16,17)(H,18,19). The molecule has 0 saturated heterocycles. The second kappa shape index (κ2) is 5.71. The van der Waals surface area contributed by atoms with Crippen molar-refractivity contribution in [2.24, 2.45) is 0 Å². The zero-order valence-electron chi connectivity index (χ0n) is 9.93. The van der Waals surface area contributed by atoms with Crippen molar-refractivity contribution in [1.29, 1.82) is 0 Å². The monoisotopic (exact) mass is 321 g/mol. The van der Waals surface area contributed by atoms with Crippen LogP contribution in [0, 0.1) is 0 Å². The van der Waals surface area contributed by atoms with Gasteiger partial charge in [0.25, 0.3) is 0 Å². The molecule has 4 N–H and O–H groups in total. The van der Waals surface area contributed by atoms with E-state index in [9.17, 15) is 4.79 Å². The number of benzene rings is 1. The number of rotatable bonds is 4. The molecule has 0 amide bonds. The summed E-state index contributed by atoms with van der Waals surface area (Å²) in [7, 11) is 0. The Morgan fingerprint density at radius 3 is 2.79 bits per heavy atom. The van der Waals surface area contributed by atoms with Crippen LogP contribution in [0.2, 0.25) is 0 Å². The lowest BCUT2D eigenvalue weighted by molar-refractivity contribution is 0.0696. The van der Waals surface area contributed by atoms with Gasteiger partial charge in [0.2, 0.25) is 0 Å². The summed E-state index contributed by atoms with van der Waals surface area (Å²) >= 11 is 3.45. The maximum Gasteiger partial charge on any atom is 0.337 e. The zero-order chi connectivity index (χ0) is 13.8. The summed E-state index contributed by atoms with van der Waals surface area (Å²) in [6, 6.07) is 9.17. The fourth-order valence-corrected chi connectivity index (χ4v) is 1.99. The molecule has 2 rings (SSSR count). The van der Waals surface area contributed by atoms with Crippen LogP contribution in [0.1, 0.15) is 15.9 Å². The molecule has 0 saturated carbocycles. The fraction of sp³-hybridized carbons (Fsp3) is 0.0769. The minimum atomic E-state index is -1.04. The predicted octanol–water partition coefficient (Wildman–Crippen LogP) is 2.74. The molecule has 1 heterocycles. The minimum absolute atomic E-state index is 0.0731. The van der Waals surface area contributed by atoms with E-state index in [1.54, 1.807) is 0 Å². The molecule has 0 radical (unpaired) electrons. The highest BCUT2D eigenvalue weighted by molar-refractivity contribution is 9.10. The highest BCUT2D eigenvalue weighted by atomic mass is 79.9. The molecule has 19 heavy (non-hydrogen) atoms. The van der Waals surface area contributed by atoms with Gasteiger partial charge in [0.1, 0.15) is 5.82 Å². The first-order chi connectivity index (χ1) is 9.08. The van der Waals surface area contributed by atoms with E-state index in [4.69, 9.17) is 10.8 Å². The third-order valence-corrected chi connectivity index (χ3v) is 3.34. The Balaban J connectivity index is 2.12. The van der Waals surface area contributed by atoms with Gasteiger partial charge in [-0.15, -0.1) is 0 Å². The predicted molar refractivity (Wildman–Crippen MR) is 77.1 cm³/mol. The zero-order valence-corrected chi connectivity index (χ0v) is 11.5. The number of carboxylic acid groups (broad SMARTS) is 1. The number of hydrogen-bond acceptors (Lipinski definition) is 4. The van der Waals surface area contributed by atoms with Crippen LogP contribution >= 0.6 is 15.9 Å². The molecule has 0 aliphatic heterocycles. The lowest BCUT2D eigenvalue weighted by Gasteiger charge is -2.10. The van der Waals surface area contributed by atoms with Gasteiger partial charge in [-0.3, -0.25) is 0 Å². The van der Waals surface area contributed by atoms with E-state index in [1.165, 1.54) is 12.3 Å². The van der Waals surface area contributed by atoms with Crippen LogP contribution in [0.4, 0.5) is 11.5 Å². The lowest BCUT2D eigenvalue weighted by Crippen LogP contribution is -2.07. The van der Waals surface area contributed by atoms with Gasteiger partial charge in [0, 0.05) is 17.2 Å². The van der Waals surface area contributed by atoms with Gasteiger partial charge in [-0.25, -0.2) is 9.78 Å². The van der Waals surface area contributed by atoms with Gasteiger partial charge in [-0.2, -0.15) is 0 Å². The molecule has 0 spiro atoms. The van der Waals surface area contributed by atoms with Gasteiger partial charge in [0.15, 0.2) is 0 Å². The molecule has 1 aromatic heterocycles. The number of nitrogens with zero attached hydrogens (tertiary/aromatic N) is 1. The van der Waals surface area contributed by atoms with E-state index in [-0.39, 0.29) is 5.56 Å². The van der Waals surface area contributed by atoms with Crippen molar-refractivity contribution in [1.82, 2.24) is 4.98 Å². The van der Waals surface area contributed by atoms with Gasteiger partial charge >= 0.3 is 5.97 Å². The molecule has 0 unspecified atom stereocenters. The highest BCUT2D eigenvalue weighted by Crippen LogP contribution is 2.20. The third-order valence-electron chi connectivity index (χ3n) is 2.57. The average molecular weight is 322 g/mol. The molecule has 0 bridgehead atoms. The van der Waals surface area contributed by atoms with Crippen molar-refractivity contribution in [2.75, 3.05) is 11.1 Å². The number of carbonyl (C=O) groups is 1. The number of nitrogens with one attached hydrogen (secondary N) is 1. The first kappa shape index (κ1) is 13.4. The molecule has 0 aliphatic rings. The number of anilines is 2. The minimum Gasteiger partial charge on any atom is -0.478 e. The number of nitrogen functional groups attached to an aromatic ring is 1. The van der Waals surface area contributed by atoms with Crippen LogP contribution < -0.4 is 11.1 Å². The van der Waals surface area contributed by atoms with Gasteiger partial charge in [-0.05, 0) is 17.7 Å². The Labute approximate surface area is 118 Å². The van der Waals surface area contributed by atoms with E-state index in [1.807, 2.05) is 24.3 Å². The van der Waals surface area contributed by atoms with E-state index in [0.717, 1.165) is 10.0 Å². The molecule has 0 fully saturated rings. The SMILES string of the molecule is Nc1cc(C(=O)O)cnc1NCc1ccccc1Br. The molecule has 0 atom stereocenters. The quantitative estimate of drug-likeness (QED) is 0.805. The molecule has 1 aromatic carbocycles. The molecule has 98 valence electrons. The maximum absolute atomic E-state index is 10.8. The summed E-state index contributed by atoms with van der Waals surface area (Å²) in [6.45, 7) is 0.547. The summed E-state index contributed by atoms with van der Waals surface area (Å²) in [5.74, 6) is -0.572. The van der Waals surface area contributed by atoms with Crippen LogP contribution in [0.3, 0.4) is 0 Å². The van der Waals surface area contributed by atoms with E-state index in [2.05, 4.69) is 26.2 Å². The molecular formula is C13H12BrN3O2. The third kappa shape index (κ3) is 3.23. The maximum atomic E-state index is 10.8. The van der Waals surface area contributed by atoms with Gasteiger partial charge < -0.3 is 16.2 Å². The topological polar surface area (TPSA) is 88.2 Å². The Bertz CT molecular complexity index is 617. The van der Waals surface area contributed by atoms with Crippen LogP contribution in [0.25, 0.3) is 0 Å². The molecule has 5 nitrogen and oxygen atoms in total. The molecule has 2 aromatic rings. The second-order valence-electron chi connectivity index (χ2n) is 3.91. The number of nitrogens with two attached hydrogens (primary N) is 1. The largest absolute Gasteiger partial charge is 0.478 e. The van der Waals surface area contributed by atoms with E-state index in [0.29, 0.717) is 18.1 Å². The Kier molecular flexibility index (Phi) is 4.01. The Morgan fingerprint density at radius 1 is 1.42 bits per heavy atom. The number of aromatic carboxylic acids is 1. The normalized spacial score (nSPS) is 10.2. The van der Waals surface area contributed by atoms with Crippen LogP contribution in [-0.2, 0) is 6.54 Å². The van der Waals surface area contributed by atoms with Crippen molar-refractivity contribution < 1.29 is 9.90 Å². The van der Waals surface area contributed by atoms with Crippen molar-refractivity contribution in [3.63, 3.8) is 0 Å². The smallest absolute Gasteiger partial charge is 0.337 e. The Hall–Kier alpha value is -2.08. The van der Waals surface area contributed by atoms with Crippen LogP contribution in [-0.4, -0.2) is 16.1 Å². The number of pyridine rings is 1. The number of carboxylic acids is 1. The molecule has 6 heteroatoms. The summed E-state index contributed by atoms with van der Waals surface area (Å²) in [5.41, 5.74) is 7.21. The van der Waals surface area contributed by atoms with Crippen LogP contribution in [0.15, 0.2) is 41.0 Å². The summed E-state index contributed by atoms with van der Waals surface area (Å²) < 4.78 is 0.989. The summed E-state index contributed by atoms with van der Waals surface area (Å²) in [5, 5.41) is 11.9. The molecular weight excluding hydrogens is 310 g/mol. The summed E-state index contributed by atoms with van der Waals surface area (Å²) in [4.78, 5) is 14.8. The van der Waals surface area contributed by atoms with Gasteiger partial charge in [-0.1, -0.05) is 34.1 Å². The van der Waals surface area contributed by atoms with E-state index < -0.39 is 5.97 Å². The van der Waals surface area contributed by atoms with Crippen molar-refractivity contribution in [2.45, 2.75) is 6.54 Å². The average Bonchev–Trinajstić information content (AvgIpc) is 2.39. The fourth-order valence-electron chi connectivity index (χ4n) is 1.57. The highest BCUT2D eigenvalue weighted by Gasteiger charge is 2.08. The summed E-state index contributed by atoms with van der Waals surface area (Å²) in [6.07, 6.45) is 1.28. The number of hydrogen-bond donors (Lipinski definition) is 3. The first-order valence-electron chi connectivity index (χ1n) is 5.54. The first-order valence-corrected chi connectivity index (χ1v) is 6.33. The van der Waals surface area contributed by atoms with Gasteiger partial charge in [0.05, 0.1) is 11.3 Å². The number of aromatic nitrogens is 1. The lowest BCUT2D eigenvalue weighted by atomic mass is 10.2. The Morgan fingerprint density at radius 2 is 2.16 bits per heavy atom. The van der Waals surface area contributed by atoms with E-state index >= 15 is 0 Å². The molecule has 0 aliphatic carbocycles. The van der Waals surface area contributed by atoms with Crippen molar-refractivity contribution >= 4 is 33.4 Å². The van der Waals surface area contributed by atoms with Crippen LogP contribution in [0.5, 0.6) is 0 Å². The number of halogens is 1. The van der Waals surface area contributed by atoms with Crippen molar-refractivity contribution in [3.8, 4) is 0 Å². The van der Waals surface area contributed by atoms with Crippen molar-refractivity contribution in [3.05, 3.63) is 52.1 Å².